The minimum atomic E-state index is -0.559. The Morgan fingerprint density at radius 1 is 0.863 bits per heavy atom. The molecule has 6 rings (SSSR count). The van der Waals surface area contributed by atoms with E-state index in [2.05, 4.69) is 16.0 Å². The van der Waals surface area contributed by atoms with Crippen molar-refractivity contribution in [2.24, 2.45) is 0 Å². The van der Waals surface area contributed by atoms with Gasteiger partial charge in [0.25, 0.3) is 0 Å². The topological polar surface area (TPSA) is 124 Å². The summed E-state index contributed by atoms with van der Waals surface area (Å²) in [5.74, 6) is -0.0481. The molecule has 1 aliphatic rings. The molecule has 4 aromatic carbocycles. The third-order valence-electron chi connectivity index (χ3n) is 9.12. The van der Waals surface area contributed by atoms with Crippen molar-refractivity contribution in [3.63, 3.8) is 0 Å². The van der Waals surface area contributed by atoms with Crippen LogP contribution in [0.2, 0.25) is 0 Å². The van der Waals surface area contributed by atoms with Gasteiger partial charge in [0.15, 0.2) is 0 Å². The van der Waals surface area contributed by atoms with Crippen LogP contribution in [0.1, 0.15) is 43.4 Å². The Labute approximate surface area is 297 Å². The zero-order valence-corrected chi connectivity index (χ0v) is 28.9. The zero-order valence-electron chi connectivity index (χ0n) is 28.9. The summed E-state index contributed by atoms with van der Waals surface area (Å²) in [5.41, 5.74) is 4.48. The summed E-state index contributed by atoms with van der Waals surface area (Å²) in [6, 6.07) is 32.6. The number of fused-ring (bicyclic) bond motifs is 1. The van der Waals surface area contributed by atoms with E-state index in [4.69, 9.17) is 4.42 Å². The highest BCUT2D eigenvalue weighted by Gasteiger charge is 2.37. The predicted octanol–water partition coefficient (Wildman–Crippen LogP) is 6.41. The highest BCUT2D eigenvalue weighted by atomic mass is 16.3. The fraction of sp³-hybridized carbons (Fsp3) is 0.268. The number of carbonyl (C=O) groups is 4. The zero-order chi connectivity index (χ0) is 35.7. The standard InChI is InChI=1S/C41H43N5O5/c1-3-22-45(38(48)24-28-11-6-4-7-12-28)27-37(47)43-32-18-16-29(17-19-32)36-26-31-25-33(20-21-35(31)51-36)44-40(49)34-15-10-23-46(34)41(50)39(42-2)30-13-8-5-9-14-30/h4-9,11-14,16-21,25-26,34,39,42H,3,10,15,22-24,27H2,1-2H3,(H,43,47)(H,44,49)/t34-,39+/m0/s1. The average molecular weight is 686 g/mol. The summed E-state index contributed by atoms with van der Waals surface area (Å²) >= 11 is 0. The number of nitrogens with zero attached hydrogens (tertiary/aromatic N) is 2. The summed E-state index contributed by atoms with van der Waals surface area (Å²) in [6.45, 7) is 2.98. The highest BCUT2D eigenvalue weighted by Crippen LogP contribution is 2.31. The molecule has 0 aliphatic carbocycles. The van der Waals surface area contributed by atoms with Crippen molar-refractivity contribution >= 4 is 46.0 Å². The number of nitrogens with one attached hydrogen (secondary N) is 3. The van der Waals surface area contributed by atoms with Crippen LogP contribution in [0.4, 0.5) is 11.4 Å². The molecule has 5 aromatic rings. The molecule has 1 saturated heterocycles. The van der Waals surface area contributed by atoms with Crippen LogP contribution in [-0.4, -0.2) is 66.2 Å². The van der Waals surface area contributed by atoms with Crippen LogP contribution in [0.3, 0.4) is 0 Å². The van der Waals surface area contributed by atoms with Crippen molar-refractivity contribution in [2.45, 2.75) is 44.7 Å². The number of hydrogen-bond acceptors (Lipinski definition) is 6. The highest BCUT2D eigenvalue weighted by molar-refractivity contribution is 6.00. The Morgan fingerprint density at radius 2 is 1.57 bits per heavy atom. The van der Waals surface area contributed by atoms with E-state index >= 15 is 0 Å². The van der Waals surface area contributed by atoms with Gasteiger partial charge in [-0.05, 0) is 86.0 Å². The Balaban J connectivity index is 1.07. The molecule has 4 amide bonds. The summed E-state index contributed by atoms with van der Waals surface area (Å²) in [4.78, 5) is 56.0. The first-order valence-corrected chi connectivity index (χ1v) is 17.4. The number of benzene rings is 4. The molecule has 0 unspecified atom stereocenters. The number of likely N-dealkylation sites (N-methyl/N-ethyl adjacent to an activating group) is 1. The van der Waals surface area contributed by atoms with Gasteiger partial charge in [0, 0.05) is 35.4 Å². The van der Waals surface area contributed by atoms with Gasteiger partial charge in [0.2, 0.25) is 23.6 Å². The Morgan fingerprint density at radius 3 is 2.27 bits per heavy atom. The van der Waals surface area contributed by atoms with E-state index in [-0.39, 0.29) is 36.6 Å². The molecule has 10 nitrogen and oxygen atoms in total. The Bertz CT molecular complexity index is 1980. The van der Waals surface area contributed by atoms with Gasteiger partial charge < -0.3 is 30.2 Å². The van der Waals surface area contributed by atoms with Crippen LogP contribution < -0.4 is 16.0 Å². The monoisotopic (exact) mass is 685 g/mol. The quantitative estimate of drug-likeness (QED) is 0.132. The van der Waals surface area contributed by atoms with E-state index in [0.29, 0.717) is 42.2 Å². The molecular weight excluding hydrogens is 642 g/mol. The first-order valence-electron chi connectivity index (χ1n) is 17.4. The van der Waals surface area contributed by atoms with E-state index < -0.39 is 12.1 Å². The lowest BCUT2D eigenvalue weighted by molar-refractivity contribution is -0.138. The van der Waals surface area contributed by atoms with Gasteiger partial charge in [-0.3, -0.25) is 19.2 Å². The first kappa shape index (κ1) is 35.1. The molecule has 1 aromatic heterocycles. The number of anilines is 2. The van der Waals surface area contributed by atoms with Crippen LogP contribution in [0.15, 0.2) is 114 Å². The van der Waals surface area contributed by atoms with Crippen molar-refractivity contribution in [1.82, 2.24) is 15.1 Å². The number of amides is 4. The molecule has 0 bridgehead atoms. The maximum absolute atomic E-state index is 13.5. The summed E-state index contributed by atoms with van der Waals surface area (Å²) in [7, 11) is 1.75. The number of furan rings is 1. The van der Waals surface area contributed by atoms with E-state index in [1.807, 2.05) is 97.9 Å². The number of likely N-dealkylation sites (tertiary alicyclic amines) is 1. The summed E-state index contributed by atoms with van der Waals surface area (Å²) in [6.07, 6.45) is 2.36. The van der Waals surface area contributed by atoms with Gasteiger partial charge in [0.05, 0.1) is 13.0 Å². The van der Waals surface area contributed by atoms with Crippen LogP contribution in [0.5, 0.6) is 0 Å². The maximum atomic E-state index is 13.5. The van der Waals surface area contributed by atoms with Gasteiger partial charge in [-0.15, -0.1) is 0 Å². The minimum absolute atomic E-state index is 0.0249. The molecule has 1 fully saturated rings. The SMILES string of the molecule is CCCN(CC(=O)Nc1ccc(-c2cc3cc(NC(=O)[C@@H]4CCCN4C(=O)[C@H](NC)c4ccccc4)ccc3o2)cc1)C(=O)Cc1ccccc1. The fourth-order valence-corrected chi connectivity index (χ4v) is 6.57. The van der Waals surface area contributed by atoms with Crippen molar-refractivity contribution < 1.29 is 23.6 Å². The second-order valence-electron chi connectivity index (χ2n) is 12.8. The van der Waals surface area contributed by atoms with Crippen LogP contribution >= 0.6 is 0 Å². The third kappa shape index (κ3) is 8.53. The van der Waals surface area contributed by atoms with E-state index in [9.17, 15) is 19.2 Å². The van der Waals surface area contributed by atoms with Gasteiger partial charge in [-0.2, -0.15) is 0 Å². The number of hydrogen-bond donors (Lipinski definition) is 3. The molecule has 2 heterocycles. The Kier molecular flexibility index (Phi) is 11.2. The van der Waals surface area contributed by atoms with Crippen LogP contribution in [0.25, 0.3) is 22.3 Å². The average Bonchev–Trinajstić information content (AvgIpc) is 3.81. The molecule has 0 spiro atoms. The predicted molar refractivity (Wildman–Crippen MR) is 199 cm³/mol. The molecule has 3 N–H and O–H groups in total. The van der Waals surface area contributed by atoms with Crippen molar-refractivity contribution in [3.05, 3.63) is 120 Å². The van der Waals surface area contributed by atoms with Gasteiger partial charge in [0.1, 0.15) is 23.4 Å². The molecule has 51 heavy (non-hydrogen) atoms. The molecule has 0 radical (unpaired) electrons. The lowest BCUT2D eigenvalue weighted by Gasteiger charge is -2.28. The molecule has 2 atom stereocenters. The fourth-order valence-electron chi connectivity index (χ4n) is 6.57. The minimum Gasteiger partial charge on any atom is -0.456 e. The van der Waals surface area contributed by atoms with Gasteiger partial charge in [-0.25, -0.2) is 0 Å². The Hall–Kier alpha value is -5.74. The smallest absolute Gasteiger partial charge is 0.247 e. The van der Waals surface area contributed by atoms with Gasteiger partial charge in [-0.1, -0.05) is 67.6 Å². The lowest BCUT2D eigenvalue weighted by atomic mass is 10.1. The van der Waals surface area contributed by atoms with Crippen molar-refractivity contribution in [2.75, 3.05) is 37.3 Å². The second-order valence-corrected chi connectivity index (χ2v) is 12.8. The lowest BCUT2D eigenvalue weighted by Crippen LogP contribution is -2.47. The maximum Gasteiger partial charge on any atom is 0.247 e. The van der Waals surface area contributed by atoms with E-state index in [1.165, 1.54) is 0 Å². The van der Waals surface area contributed by atoms with Crippen molar-refractivity contribution in [1.29, 1.82) is 0 Å². The molecule has 1 aliphatic heterocycles. The molecular formula is C41H43N5O5. The van der Waals surface area contributed by atoms with E-state index in [0.717, 1.165) is 34.9 Å². The number of rotatable bonds is 13. The normalized spacial score (nSPS) is 14.6. The van der Waals surface area contributed by atoms with E-state index in [1.54, 1.807) is 35.0 Å². The van der Waals surface area contributed by atoms with Gasteiger partial charge >= 0.3 is 0 Å². The largest absolute Gasteiger partial charge is 0.456 e. The first-order chi connectivity index (χ1) is 24.8. The molecule has 0 saturated carbocycles. The molecule has 262 valence electrons. The second kappa shape index (κ2) is 16.3. The molecule has 10 heteroatoms. The van der Waals surface area contributed by atoms with Crippen LogP contribution in [0, 0.1) is 0 Å². The number of carbonyl (C=O) groups excluding carboxylic acids is 4. The third-order valence-corrected chi connectivity index (χ3v) is 9.12. The van der Waals surface area contributed by atoms with Crippen molar-refractivity contribution in [3.8, 4) is 11.3 Å². The summed E-state index contributed by atoms with van der Waals surface area (Å²) in [5, 5.41) is 9.83. The van der Waals surface area contributed by atoms with Crippen LogP contribution in [-0.2, 0) is 25.6 Å². The summed E-state index contributed by atoms with van der Waals surface area (Å²) < 4.78 is 6.11.